The van der Waals surface area contributed by atoms with Crippen LogP contribution in [0.3, 0.4) is 0 Å². The third-order valence-electron chi connectivity index (χ3n) is 6.63. The molecule has 0 aromatic carbocycles. The Balaban J connectivity index is 0.00000256. The lowest BCUT2D eigenvalue weighted by atomic mass is 9.87. The van der Waals surface area contributed by atoms with Crippen molar-refractivity contribution in [1.82, 2.24) is 20.1 Å². The van der Waals surface area contributed by atoms with E-state index >= 15 is 0 Å². The quantitative estimate of drug-likeness (QED) is 0.358. The molecule has 3 fully saturated rings. The van der Waals surface area contributed by atoms with Gasteiger partial charge in [-0.05, 0) is 26.0 Å². The normalized spacial score (nSPS) is 22.7. The second-order valence-corrected chi connectivity index (χ2v) is 10.3. The number of likely N-dealkylation sites (N-methyl/N-ethyl adjacent to an activating group) is 1. The lowest BCUT2D eigenvalue weighted by molar-refractivity contribution is 0.293. The predicted octanol–water partition coefficient (Wildman–Crippen LogP) is 3.28. The van der Waals surface area contributed by atoms with Gasteiger partial charge in [-0.15, -0.1) is 24.0 Å². The van der Waals surface area contributed by atoms with Crippen LogP contribution in [0, 0.1) is 0 Å². The van der Waals surface area contributed by atoms with Gasteiger partial charge in [0.1, 0.15) is 5.82 Å². The topological polar surface area (TPSA) is 47.0 Å². The number of piperazine rings is 1. The van der Waals surface area contributed by atoms with Crippen molar-refractivity contribution in [1.29, 1.82) is 0 Å². The van der Waals surface area contributed by atoms with Crippen molar-refractivity contribution >= 4 is 47.5 Å². The number of halogens is 1. The van der Waals surface area contributed by atoms with Gasteiger partial charge >= 0.3 is 0 Å². The van der Waals surface area contributed by atoms with Crippen LogP contribution in [0.1, 0.15) is 37.7 Å². The average Bonchev–Trinajstić information content (AvgIpc) is 2.76. The number of aromatic nitrogens is 1. The molecule has 1 spiro atoms. The number of nitrogens with one attached hydrogen (secondary N) is 1. The molecule has 8 heteroatoms. The first kappa shape index (κ1) is 23.9. The molecule has 1 N–H and O–H groups in total. The molecular formula is C22H37IN6S. The summed E-state index contributed by atoms with van der Waals surface area (Å²) in [6, 6.07) is 4.25. The van der Waals surface area contributed by atoms with Gasteiger partial charge < -0.3 is 20.0 Å². The molecule has 1 saturated carbocycles. The van der Waals surface area contributed by atoms with Crippen LogP contribution in [0.25, 0.3) is 0 Å². The van der Waals surface area contributed by atoms with Crippen LogP contribution in [0.15, 0.2) is 23.3 Å². The number of hydrogen-bond donors (Lipinski definition) is 1. The van der Waals surface area contributed by atoms with Gasteiger partial charge in [-0.1, -0.05) is 25.3 Å². The van der Waals surface area contributed by atoms with Gasteiger partial charge in [0.15, 0.2) is 5.96 Å². The summed E-state index contributed by atoms with van der Waals surface area (Å²) >= 11 is 2.21. The molecule has 2 saturated heterocycles. The Morgan fingerprint density at radius 2 is 1.93 bits per heavy atom. The number of hydrogen-bond acceptors (Lipinski definition) is 5. The van der Waals surface area contributed by atoms with Crippen molar-refractivity contribution in [3.8, 4) is 0 Å². The number of thioether (sulfide) groups is 1. The van der Waals surface area contributed by atoms with E-state index in [2.05, 4.69) is 49.9 Å². The molecule has 0 amide bonds. The van der Waals surface area contributed by atoms with E-state index in [1.807, 2.05) is 19.3 Å². The maximum Gasteiger partial charge on any atom is 0.193 e. The van der Waals surface area contributed by atoms with Crippen LogP contribution in [-0.4, -0.2) is 84.6 Å². The molecule has 30 heavy (non-hydrogen) atoms. The van der Waals surface area contributed by atoms with E-state index in [4.69, 9.17) is 4.98 Å². The minimum atomic E-state index is 0. The van der Waals surface area contributed by atoms with E-state index in [0.717, 1.165) is 57.6 Å². The molecule has 3 aliphatic rings. The Bertz CT molecular complexity index is 695. The third-order valence-corrected chi connectivity index (χ3v) is 8.17. The zero-order valence-corrected chi connectivity index (χ0v) is 21.6. The van der Waals surface area contributed by atoms with Gasteiger partial charge in [0.05, 0.1) is 0 Å². The molecule has 3 heterocycles. The molecule has 1 aliphatic carbocycles. The summed E-state index contributed by atoms with van der Waals surface area (Å²) in [4.78, 5) is 16.7. The summed E-state index contributed by atoms with van der Waals surface area (Å²) in [5.41, 5.74) is 1.26. The predicted molar refractivity (Wildman–Crippen MR) is 139 cm³/mol. The second kappa shape index (κ2) is 11.2. The number of pyridine rings is 1. The van der Waals surface area contributed by atoms with Crippen LogP contribution in [0.5, 0.6) is 0 Å². The lowest BCUT2D eigenvalue weighted by Gasteiger charge is -2.45. The van der Waals surface area contributed by atoms with Crippen molar-refractivity contribution in [3.05, 3.63) is 23.9 Å². The highest BCUT2D eigenvalue weighted by Gasteiger charge is 2.38. The van der Waals surface area contributed by atoms with Gasteiger partial charge in [0.2, 0.25) is 0 Å². The number of nitrogens with zero attached hydrogens (tertiary/aromatic N) is 5. The molecule has 1 aromatic rings. The molecule has 4 rings (SSSR count). The van der Waals surface area contributed by atoms with Crippen molar-refractivity contribution in [2.24, 2.45) is 4.99 Å². The van der Waals surface area contributed by atoms with E-state index in [-0.39, 0.29) is 24.0 Å². The van der Waals surface area contributed by atoms with Crippen LogP contribution in [0.2, 0.25) is 0 Å². The zero-order valence-electron chi connectivity index (χ0n) is 18.5. The minimum Gasteiger partial charge on any atom is -0.354 e. The monoisotopic (exact) mass is 544 g/mol. The van der Waals surface area contributed by atoms with Gasteiger partial charge in [0, 0.05) is 75.1 Å². The van der Waals surface area contributed by atoms with Crippen LogP contribution < -0.4 is 10.2 Å². The first-order valence-corrected chi connectivity index (χ1v) is 12.1. The molecule has 168 valence electrons. The summed E-state index contributed by atoms with van der Waals surface area (Å²) in [5.74, 6) is 3.38. The Morgan fingerprint density at radius 1 is 1.17 bits per heavy atom. The Labute approximate surface area is 203 Å². The van der Waals surface area contributed by atoms with Crippen LogP contribution in [0.4, 0.5) is 5.82 Å². The van der Waals surface area contributed by atoms with Gasteiger partial charge in [-0.3, -0.25) is 4.99 Å². The summed E-state index contributed by atoms with van der Waals surface area (Å²) in [6.07, 6.45) is 8.82. The molecular weight excluding hydrogens is 507 g/mol. The number of anilines is 1. The molecule has 0 bridgehead atoms. The van der Waals surface area contributed by atoms with Crippen LogP contribution in [-0.2, 0) is 6.54 Å². The van der Waals surface area contributed by atoms with E-state index < -0.39 is 0 Å². The minimum absolute atomic E-state index is 0. The molecule has 1 aromatic heterocycles. The second-order valence-electron chi connectivity index (χ2n) is 8.69. The lowest BCUT2D eigenvalue weighted by Crippen LogP contribution is -2.53. The smallest absolute Gasteiger partial charge is 0.193 e. The number of aliphatic imine (C=N–C) groups is 1. The fourth-order valence-electron chi connectivity index (χ4n) is 4.90. The zero-order chi connectivity index (χ0) is 20.1. The first-order chi connectivity index (χ1) is 14.2. The van der Waals surface area contributed by atoms with Crippen LogP contribution >= 0.6 is 35.7 Å². The molecule has 0 atom stereocenters. The Morgan fingerprint density at radius 3 is 2.67 bits per heavy atom. The van der Waals surface area contributed by atoms with Crippen molar-refractivity contribution < 1.29 is 0 Å². The standard InChI is InChI=1S/C22H36N6S.HI/c1-23-21(28-15-16-29-22(18-28)8-4-3-5-9-22)25-17-19-7-6-10-24-20(19)27-13-11-26(2)12-14-27;/h6-7,10H,3-5,8-9,11-18H2,1-2H3,(H,23,25);1H. The molecule has 0 unspecified atom stereocenters. The highest BCUT2D eigenvalue weighted by molar-refractivity contribution is 14.0. The number of guanidine groups is 1. The third kappa shape index (κ3) is 5.73. The highest BCUT2D eigenvalue weighted by atomic mass is 127. The van der Waals surface area contributed by atoms with Gasteiger partial charge in [-0.25, -0.2) is 4.98 Å². The van der Waals surface area contributed by atoms with Crippen molar-refractivity contribution in [2.75, 3.05) is 64.0 Å². The summed E-state index contributed by atoms with van der Waals surface area (Å²) in [6.45, 7) is 7.28. The fraction of sp³-hybridized carbons (Fsp3) is 0.727. The highest BCUT2D eigenvalue weighted by Crippen LogP contribution is 2.42. The fourth-order valence-corrected chi connectivity index (χ4v) is 6.47. The van der Waals surface area contributed by atoms with E-state index in [1.54, 1.807) is 0 Å². The largest absolute Gasteiger partial charge is 0.354 e. The maximum atomic E-state index is 4.72. The van der Waals surface area contributed by atoms with E-state index in [9.17, 15) is 0 Å². The van der Waals surface area contributed by atoms with E-state index in [0.29, 0.717) is 4.75 Å². The maximum absolute atomic E-state index is 4.72. The van der Waals surface area contributed by atoms with Crippen molar-refractivity contribution in [2.45, 2.75) is 43.4 Å². The molecule has 6 nitrogen and oxygen atoms in total. The Hall–Kier alpha value is -0.740. The average molecular weight is 545 g/mol. The van der Waals surface area contributed by atoms with Gasteiger partial charge in [0.25, 0.3) is 0 Å². The van der Waals surface area contributed by atoms with Crippen molar-refractivity contribution in [3.63, 3.8) is 0 Å². The Kier molecular flexibility index (Phi) is 8.94. The summed E-state index contributed by atoms with van der Waals surface area (Å²) in [7, 11) is 4.11. The SMILES string of the molecule is CN=C(NCc1cccnc1N1CCN(C)CC1)N1CCSC2(CCCCC2)C1.I. The first-order valence-electron chi connectivity index (χ1n) is 11.2. The van der Waals surface area contributed by atoms with Gasteiger partial charge in [-0.2, -0.15) is 11.8 Å². The number of rotatable bonds is 3. The molecule has 0 radical (unpaired) electrons. The summed E-state index contributed by atoms with van der Waals surface area (Å²) < 4.78 is 0.452. The van der Waals surface area contributed by atoms with E-state index in [1.165, 1.54) is 43.4 Å². The molecule has 2 aliphatic heterocycles. The summed E-state index contributed by atoms with van der Waals surface area (Å²) in [5, 5.41) is 3.66.